The van der Waals surface area contributed by atoms with E-state index < -0.39 is 17.1 Å². The van der Waals surface area contributed by atoms with Crippen molar-refractivity contribution < 1.29 is 10.0 Å². The molecule has 0 fully saturated rings. The largest absolute Gasteiger partial charge is 0.386 e. The van der Waals surface area contributed by atoms with Gasteiger partial charge in [-0.1, -0.05) is 0 Å². The van der Waals surface area contributed by atoms with Crippen LogP contribution in [0.15, 0.2) is 0 Å². The Balaban J connectivity index is 3.64. The Labute approximate surface area is 47.3 Å². The smallest absolute Gasteiger partial charge is 0.235 e. The molecule has 0 rings (SSSR count). The third-order valence-electron chi connectivity index (χ3n) is 1.03. The molecule has 0 heterocycles. The molecular weight excluding hydrogens is 110 g/mol. The maximum absolute atomic E-state index is 9.79. The number of aliphatic hydroxyl groups excluding tert-OH is 1. The molecule has 4 nitrogen and oxygen atoms in total. The van der Waals surface area contributed by atoms with Crippen molar-refractivity contribution in [3.05, 3.63) is 10.1 Å². The Hall–Kier alpha value is -0.640. The molecule has 0 saturated carbocycles. The summed E-state index contributed by atoms with van der Waals surface area (Å²) in [7, 11) is 0. The molecule has 0 aromatic rings. The monoisotopic (exact) mass is 119 g/mol. The molecule has 8 heavy (non-hydrogen) atoms. The van der Waals surface area contributed by atoms with Crippen LogP contribution >= 0.6 is 0 Å². The van der Waals surface area contributed by atoms with Crippen molar-refractivity contribution in [3.8, 4) is 0 Å². The van der Waals surface area contributed by atoms with E-state index in [0.717, 1.165) is 0 Å². The first kappa shape index (κ1) is 7.36. The molecule has 0 aliphatic carbocycles. The zero-order valence-corrected chi connectivity index (χ0v) is 4.87. The highest BCUT2D eigenvalue weighted by Gasteiger charge is 2.18. The molecule has 0 amide bonds. The minimum absolute atomic E-state index is 0.509. The summed E-state index contributed by atoms with van der Waals surface area (Å²) in [6, 6.07) is -0.852. The van der Waals surface area contributed by atoms with Crippen molar-refractivity contribution in [1.82, 2.24) is 0 Å². The second-order valence-electron chi connectivity index (χ2n) is 1.77. The molecule has 4 heteroatoms. The quantitative estimate of drug-likeness (QED) is 0.412. The number of nitro groups is 1. The molecule has 0 aromatic carbocycles. The van der Waals surface area contributed by atoms with Gasteiger partial charge < -0.3 is 5.11 Å². The van der Waals surface area contributed by atoms with Crippen LogP contribution in [0.1, 0.15) is 13.8 Å². The summed E-state index contributed by atoms with van der Waals surface area (Å²) >= 11 is 0. The first-order valence-corrected chi connectivity index (χ1v) is 2.37. The fourth-order valence-corrected chi connectivity index (χ4v) is 0.176. The molecule has 0 saturated heterocycles. The molecule has 0 aliphatic heterocycles. The van der Waals surface area contributed by atoms with Crippen molar-refractivity contribution >= 4 is 0 Å². The van der Waals surface area contributed by atoms with E-state index in [0.29, 0.717) is 0 Å². The van der Waals surface area contributed by atoms with Crippen LogP contribution in [-0.4, -0.2) is 22.2 Å². The highest BCUT2D eigenvalue weighted by Crippen LogP contribution is 1.93. The van der Waals surface area contributed by atoms with Crippen molar-refractivity contribution in [2.75, 3.05) is 0 Å². The van der Waals surface area contributed by atoms with Crippen LogP contribution in [-0.2, 0) is 0 Å². The molecule has 0 aliphatic rings. The molecule has 0 radical (unpaired) electrons. The van der Waals surface area contributed by atoms with Crippen LogP contribution in [0, 0.1) is 10.1 Å². The van der Waals surface area contributed by atoms with Gasteiger partial charge in [-0.25, -0.2) is 0 Å². The van der Waals surface area contributed by atoms with Gasteiger partial charge in [0.15, 0.2) is 0 Å². The lowest BCUT2D eigenvalue weighted by Gasteiger charge is -2.03. The molecule has 1 N–H and O–H groups in total. The number of hydrogen-bond acceptors (Lipinski definition) is 3. The highest BCUT2D eigenvalue weighted by atomic mass is 16.6. The van der Waals surface area contributed by atoms with Gasteiger partial charge in [-0.3, -0.25) is 10.1 Å². The zero-order valence-electron chi connectivity index (χ0n) is 4.87. The van der Waals surface area contributed by atoms with E-state index >= 15 is 0 Å². The average Bonchev–Trinajstić information content (AvgIpc) is 1.64. The minimum atomic E-state index is -0.856. The van der Waals surface area contributed by atoms with Gasteiger partial charge in [-0.15, -0.1) is 0 Å². The number of nitrogens with zero attached hydrogens (tertiary/aromatic N) is 1. The van der Waals surface area contributed by atoms with Crippen LogP contribution in [0.3, 0.4) is 0 Å². The summed E-state index contributed by atoms with van der Waals surface area (Å²) in [4.78, 5) is 9.28. The summed E-state index contributed by atoms with van der Waals surface area (Å²) in [6.45, 7) is 2.76. The van der Waals surface area contributed by atoms with Gasteiger partial charge in [0.1, 0.15) is 6.10 Å². The maximum atomic E-state index is 9.79. The third-order valence-corrected chi connectivity index (χ3v) is 1.03. The van der Waals surface area contributed by atoms with Gasteiger partial charge in [0.25, 0.3) is 0 Å². The van der Waals surface area contributed by atoms with E-state index in [1.807, 2.05) is 0 Å². The first-order valence-electron chi connectivity index (χ1n) is 2.37. The lowest BCUT2D eigenvalue weighted by molar-refractivity contribution is -0.528. The van der Waals surface area contributed by atoms with E-state index in [-0.39, 0.29) is 0 Å². The molecule has 0 bridgehead atoms. The van der Waals surface area contributed by atoms with Crippen LogP contribution in [0.2, 0.25) is 0 Å². The van der Waals surface area contributed by atoms with Crippen LogP contribution in [0.25, 0.3) is 0 Å². The standard InChI is InChI=1S/C4H9NO3/c1-3(4(2)6)5(7)8/h3-4,6H,1-2H3/t3?,4-/m1/s1. The summed E-state index contributed by atoms with van der Waals surface area (Å²) in [5, 5.41) is 18.3. The fraction of sp³-hybridized carbons (Fsp3) is 1.00. The number of aliphatic hydroxyl groups is 1. The van der Waals surface area contributed by atoms with Gasteiger partial charge in [-0.2, -0.15) is 0 Å². The Morgan fingerprint density at radius 1 is 1.62 bits per heavy atom. The van der Waals surface area contributed by atoms with Gasteiger partial charge in [0, 0.05) is 11.8 Å². The van der Waals surface area contributed by atoms with Crippen molar-refractivity contribution in [3.63, 3.8) is 0 Å². The second-order valence-corrected chi connectivity index (χ2v) is 1.77. The van der Waals surface area contributed by atoms with Gasteiger partial charge in [0.05, 0.1) is 0 Å². The van der Waals surface area contributed by atoms with E-state index in [4.69, 9.17) is 5.11 Å². The molecule has 1 unspecified atom stereocenters. The zero-order chi connectivity index (χ0) is 6.73. The maximum Gasteiger partial charge on any atom is 0.235 e. The molecule has 0 spiro atoms. The molecule has 48 valence electrons. The normalized spacial score (nSPS) is 17.4. The Morgan fingerprint density at radius 3 is 2.00 bits per heavy atom. The Morgan fingerprint density at radius 2 is 2.00 bits per heavy atom. The minimum Gasteiger partial charge on any atom is -0.386 e. The lowest BCUT2D eigenvalue weighted by Crippen LogP contribution is -2.27. The van der Waals surface area contributed by atoms with Crippen molar-refractivity contribution in [2.24, 2.45) is 0 Å². The summed E-state index contributed by atoms with van der Waals surface area (Å²) in [5.74, 6) is 0. The number of rotatable bonds is 2. The number of hydrogen-bond donors (Lipinski definition) is 1. The van der Waals surface area contributed by atoms with Gasteiger partial charge in [-0.05, 0) is 6.92 Å². The molecular formula is C4H9NO3. The van der Waals surface area contributed by atoms with E-state index in [2.05, 4.69) is 0 Å². The average molecular weight is 119 g/mol. The Kier molecular flexibility index (Phi) is 2.41. The van der Waals surface area contributed by atoms with E-state index in [1.165, 1.54) is 13.8 Å². The van der Waals surface area contributed by atoms with Crippen molar-refractivity contribution in [1.29, 1.82) is 0 Å². The predicted molar refractivity (Wildman–Crippen MR) is 28.1 cm³/mol. The SMILES string of the molecule is CC([C@@H](C)O)[N+](=O)[O-]. The van der Waals surface area contributed by atoms with E-state index in [9.17, 15) is 10.1 Å². The fourth-order valence-electron chi connectivity index (χ4n) is 0.176. The summed E-state index contributed by atoms with van der Waals surface area (Å²) < 4.78 is 0. The molecule has 0 aromatic heterocycles. The molecule has 2 atom stereocenters. The predicted octanol–water partition coefficient (Wildman–Crippen LogP) is 0.0324. The van der Waals surface area contributed by atoms with Crippen LogP contribution in [0.5, 0.6) is 0 Å². The van der Waals surface area contributed by atoms with E-state index in [1.54, 1.807) is 0 Å². The van der Waals surface area contributed by atoms with Crippen molar-refractivity contribution in [2.45, 2.75) is 26.0 Å². The second kappa shape index (κ2) is 2.61. The van der Waals surface area contributed by atoms with Crippen LogP contribution < -0.4 is 0 Å². The topological polar surface area (TPSA) is 63.4 Å². The van der Waals surface area contributed by atoms with Crippen LogP contribution in [0.4, 0.5) is 0 Å². The van der Waals surface area contributed by atoms with Gasteiger partial charge >= 0.3 is 0 Å². The Bertz CT molecular complexity index is 91.3. The third kappa shape index (κ3) is 1.88. The lowest BCUT2D eigenvalue weighted by atomic mass is 10.2. The summed E-state index contributed by atoms with van der Waals surface area (Å²) in [5.41, 5.74) is 0. The highest BCUT2D eigenvalue weighted by molar-refractivity contribution is 4.53. The summed E-state index contributed by atoms with van der Waals surface area (Å²) in [6.07, 6.45) is -0.856. The van der Waals surface area contributed by atoms with Gasteiger partial charge in [0.2, 0.25) is 6.04 Å². The first-order chi connectivity index (χ1) is 3.55.